The van der Waals surface area contributed by atoms with Crippen LogP contribution in [0.25, 0.3) is 0 Å². The fraction of sp³-hybridized carbons (Fsp3) is 0.846. The first-order valence-electron chi connectivity index (χ1n) is 6.50. The first kappa shape index (κ1) is 12.4. The highest BCUT2D eigenvalue weighted by Crippen LogP contribution is 2.40. The Labute approximate surface area is 102 Å². The van der Waals surface area contributed by atoms with Gasteiger partial charge in [0.05, 0.1) is 11.8 Å². The smallest absolute Gasteiger partial charge is 0.307 e. The van der Waals surface area contributed by atoms with Crippen molar-refractivity contribution >= 4 is 11.9 Å². The van der Waals surface area contributed by atoms with Gasteiger partial charge < -0.3 is 10.4 Å². The molecule has 0 aromatic carbocycles. The summed E-state index contributed by atoms with van der Waals surface area (Å²) in [5.74, 6) is -1.29. The zero-order chi connectivity index (χ0) is 12.6. The van der Waals surface area contributed by atoms with Crippen molar-refractivity contribution in [1.82, 2.24) is 5.32 Å². The van der Waals surface area contributed by atoms with E-state index in [9.17, 15) is 14.7 Å². The topological polar surface area (TPSA) is 66.4 Å². The molecule has 0 aromatic heterocycles. The van der Waals surface area contributed by atoms with E-state index in [1.165, 1.54) is 0 Å². The summed E-state index contributed by atoms with van der Waals surface area (Å²) in [6.45, 7) is 4.08. The van der Waals surface area contributed by atoms with E-state index in [4.69, 9.17) is 0 Å². The van der Waals surface area contributed by atoms with E-state index in [-0.39, 0.29) is 17.4 Å². The molecule has 0 spiro atoms. The number of hydrogen-bond acceptors (Lipinski definition) is 2. The number of amides is 1. The van der Waals surface area contributed by atoms with E-state index >= 15 is 0 Å². The van der Waals surface area contributed by atoms with Gasteiger partial charge in [-0.1, -0.05) is 13.3 Å². The van der Waals surface area contributed by atoms with Crippen LogP contribution in [-0.4, -0.2) is 22.5 Å². The molecule has 2 N–H and O–H groups in total. The minimum atomic E-state index is -0.818. The summed E-state index contributed by atoms with van der Waals surface area (Å²) in [4.78, 5) is 23.3. The molecule has 4 nitrogen and oxygen atoms in total. The lowest BCUT2D eigenvalue weighted by Crippen LogP contribution is -2.41. The van der Waals surface area contributed by atoms with Gasteiger partial charge in [-0.25, -0.2) is 0 Å². The van der Waals surface area contributed by atoms with Gasteiger partial charge in [0.15, 0.2) is 0 Å². The maximum absolute atomic E-state index is 12.1. The van der Waals surface area contributed by atoms with Crippen LogP contribution >= 0.6 is 0 Å². The molecule has 2 saturated carbocycles. The highest BCUT2D eigenvalue weighted by molar-refractivity contribution is 5.86. The van der Waals surface area contributed by atoms with E-state index in [1.807, 2.05) is 6.92 Å². The molecular formula is C13H21NO3. The number of aliphatic carboxylic acids is 1. The lowest BCUT2D eigenvalue weighted by molar-refractivity contribution is -0.146. The van der Waals surface area contributed by atoms with Crippen LogP contribution < -0.4 is 5.32 Å². The van der Waals surface area contributed by atoms with E-state index in [1.54, 1.807) is 0 Å². The highest BCUT2D eigenvalue weighted by atomic mass is 16.4. The van der Waals surface area contributed by atoms with Crippen molar-refractivity contribution < 1.29 is 14.7 Å². The summed E-state index contributed by atoms with van der Waals surface area (Å²) in [7, 11) is 0. The first-order chi connectivity index (χ1) is 7.95. The molecule has 0 bridgehead atoms. The molecule has 0 aromatic rings. The molecule has 96 valence electrons. The monoisotopic (exact) mass is 239 g/mol. The Balaban J connectivity index is 2.01. The number of nitrogens with one attached hydrogen (secondary N) is 1. The molecule has 2 rings (SSSR count). The molecule has 0 heterocycles. The summed E-state index contributed by atoms with van der Waals surface area (Å²) in [6.07, 6.45) is 4.38. The molecule has 0 saturated heterocycles. The maximum atomic E-state index is 12.1. The number of carboxylic acids is 1. The van der Waals surface area contributed by atoms with Crippen molar-refractivity contribution in [2.75, 3.05) is 0 Å². The molecule has 1 unspecified atom stereocenters. The number of hydrogen-bond donors (Lipinski definition) is 2. The minimum absolute atomic E-state index is 0.0478. The minimum Gasteiger partial charge on any atom is -0.481 e. The third-order valence-corrected chi connectivity index (χ3v) is 4.32. The SMILES string of the molecule is CCC1C[C@H](C(=O)NC2(C)CC2)[C@H](C(=O)O)C1. The summed E-state index contributed by atoms with van der Waals surface area (Å²) in [6, 6.07) is 0. The second kappa shape index (κ2) is 4.31. The molecule has 0 radical (unpaired) electrons. The lowest BCUT2D eigenvalue weighted by atomic mass is 9.95. The molecule has 17 heavy (non-hydrogen) atoms. The fourth-order valence-electron chi connectivity index (χ4n) is 2.74. The van der Waals surface area contributed by atoms with Crippen LogP contribution in [0.15, 0.2) is 0 Å². The van der Waals surface area contributed by atoms with Crippen molar-refractivity contribution in [2.24, 2.45) is 17.8 Å². The van der Waals surface area contributed by atoms with Crippen LogP contribution in [0.3, 0.4) is 0 Å². The highest BCUT2D eigenvalue weighted by Gasteiger charge is 2.46. The van der Waals surface area contributed by atoms with Crippen molar-refractivity contribution in [3.8, 4) is 0 Å². The van der Waals surface area contributed by atoms with Gasteiger partial charge in [0, 0.05) is 5.54 Å². The number of carbonyl (C=O) groups is 2. The Bertz CT molecular complexity index is 336. The zero-order valence-corrected chi connectivity index (χ0v) is 10.5. The van der Waals surface area contributed by atoms with E-state index in [0.717, 1.165) is 25.7 Å². The van der Waals surface area contributed by atoms with Gasteiger partial charge in [0.2, 0.25) is 5.91 Å². The van der Waals surface area contributed by atoms with Gasteiger partial charge in [-0.15, -0.1) is 0 Å². The van der Waals surface area contributed by atoms with Crippen LogP contribution in [0.4, 0.5) is 0 Å². The summed E-state index contributed by atoms with van der Waals surface area (Å²) in [5.41, 5.74) is -0.0512. The largest absolute Gasteiger partial charge is 0.481 e. The third kappa shape index (κ3) is 2.61. The first-order valence-corrected chi connectivity index (χ1v) is 6.50. The summed E-state index contributed by atoms with van der Waals surface area (Å²) >= 11 is 0. The zero-order valence-electron chi connectivity index (χ0n) is 10.5. The van der Waals surface area contributed by atoms with E-state index in [0.29, 0.717) is 12.3 Å². The van der Waals surface area contributed by atoms with Crippen LogP contribution in [0, 0.1) is 17.8 Å². The molecule has 0 aliphatic heterocycles. The predicted molar refractivity (Wildman–Crippen MR) is 63.4 cm³/mol. The maximum Gasteiger partial charge on any atom is 0.307 e. The predicted octanol–water partition coefficient (Wildman–Crippen LogP) is 1.79. The fourth-order valence-corrected chi connectivity index (χ4v) is 2.74. The van der Waals surface area contributed by atoms with E-state index in [2.05, 4.69) is 12.2 Å². The average molecular weight is 239 g/mol. The second-order valence-corrected chi connectivity index (χ2v) is 5.85. The van der Waals surface area contributed by atoms with Gasteiger partial charge in [0.1, 0.15) is 0 Å². The van der Waals surface area contributed by atoms with Crippen LogP contribution in [0.2, 0.25) is 0 Å². The Kier molecular flexibility index (Phi) is 3.15. The third-order valence-electron chi connectivity index (χ3n) is 4.32. The molecule has 2 aliphatic rings. The van der Waals surface area contributed by atoms with Gasteiger partial charge >= 0.3 is 5.97 Å². The molecule has 1 amide bonds. The molecule has 2 aliphatic carbocycles. The quantitative estimate of drug-likeness (QED) is 0.786. The Morgan fingerprint density at radius 3 is 2.35 bits per heavy atom. The van der Waals surface area contributed by atoms with Gasteiger partial charge in [0.25, 0.3) is 0 Å². The van der Waals surface area contributed by atoms with Gasteiger partial charge in [-0.3, -0.25) is 9.59 Å². The normalized spacial score (nSPS) is 34.4. The van der Waals surface area contributed by atoms with Crippen molar-refractivity contribution in [1.29, 1.82) is 0 Å². The molecule has 4 heteroatoms. The standard InChI is InChI=1S/C13H21NO3/c1-3-8-6-9(10(7-8)12(16)17)11(15)14-13(2)4-5-13/h8-10H,3-7H2,1-2H3,(H,14,15)(H,16,17)/t8?,9-,10+/m0/s1. The van der Waals surface area contributed by atoms with Crippen molar-refractivity contribution in [3.63, 3.8) is 0 Å². The number of rotatable bonds is 4. The molecule has 3 atom stereocenters. The Morgan fingerprint density at radius 2 is 1.88 bits per heavy atom. The summed E-state index contributed by atoms with van der Waals surface area (Å²) < 4.78 is 0. The lowest BCUT2D eigenvalue weighted by Gasteiger charge is -2.19. The van der Waals surface area contributed by atoms with Crippen LogP contribution in [0.1, 0.15) is 46.0 Å². The number of carboxylic acid groups (broad SMARTS) is 1. The molecule has 2 fully saturated rings. The van der Waals surface area contributed by atoms with Crippen molar-refractivity contribution in [3.05, 3.63) is 0 Å². The second-order valence-electron chi connectivity index (χ2n) is 5.85. The van der Waals surface area contributed by atoms with Crippen LogP contribution in [-0.2, 0) is 9.59 Å². The molecular weight excluding hydrogens is 218 g/mol. The Morgan fingerprint density at radius 1 is 1.29 bits per heavy atom. The van der Waals surface area contributed by atoms with Gasteiger partial charge in [-0.05, 0) is 38.5 Å². The van der Waals surface area contributed by atoms with E-state index < -0.39 is 11.9 Å². The number of carbonyl (C=O) groups excluding carboxylic acids is 1. The average Bonchev–Trinajstić information content (AvgIpc) is 2.83. The van der Waals surface area contributed by atoms with Crippen LogP contribution in [0.5, 0.6) is 0 Å². The van der Waals surface area contributed by atoms with Crippen molar-refractivity contribution in [2.45, 2.75) is 51.5 Å². The summed E-state index contributed by atoms with van der Waals surface area (Å²) in [5, 5.41) is 12.2. The Hall–Kier alpha value is -1.06. The van der Waals surface area contributed by atoms with Gasteiger partial charge in [-0.2, -0.15) is 0 Å².